The van der Waals surface area contributed by atoms with E-state index in [1.165, 1.54) is 16.9 Å². The van der Waals surface area contributed by atoms with Gasteiger partial charge in [-0.3, -0.25) is 14.5 Å². The number of carbonyl (C=O) groups excluding carboxylic acids is 2. The number of morpholine rings is 1. The number of benzene rings is 7. The van der Waals surface area contributed by atoms with Crippen molar-refractivity contribution in [2.45, 2.75) is 81.9 Å². The molecule has 87 heavy (non-hydrogen) atoms. The van der Waals surface area contributed by atoms with Gasteiger partial charge in [0.1, 0.15) is 20.1 Å². The van der Waals surface area contributed by atoms with Crippen LogP contribution in [0.3, 0.4) is 0 Å². The fourth-order valence-electron chi connectivity index (χ4n) is 11.5. The molecule has 11 aromatic rings. The molecule has 0 unspecified atom stereocenters. The Balaban J connectivity index is 0.803. The summed E-state index contributed by atoms with van der Waals surface area (Å²) in [5.41, 5.74) is 14.5. The van der Waals surface area contributed by atoms with Crippen LogP contribution < -0.4 is 9.44 Å². The quantitative estimate of drug-likeness (QED) is 0.0793. The first-order valence-electron chi connectivity index (χ1n) is 29.0. The van der Waals surface area contributed by atoms with Crippen LogP contribution in [0.5, 0.6) is 0 Å². The van der Waals surface area contributed by atoms with Gasteiger partial charge in [0.05, 0.1) is 35.3 Å². The molecule has 442 valence electrons. The lowest BCUT2D eigenvalue weighted by Crippen LogP contribution is -2.35. The van der Waals surface area contributed by atoms with E-state index < -0.39 is 31.9 Å². The molecule has 14 nitrogen and oxygen atoms in total. The van der Waals surface area contributed by atoms with E-state index in [4.69, 9.17) is 14.7 Å². The summed E-state index contributed by atoms with van der Waals surface area (Å²) >= 11 is 2.33. The van der Waals surface area contributed by atoms with Crippen molar-refractivity contribution in [3.8, 4) is 33.4 Å². The molecule has 1 fully saturated rings. The maximum atomic E-state index is 14.7. The summed E-state index contributed by atoms with van der Waals surface area (Å²) in [5.74, 6) is 0.415. The number of hydrogen-bond acceptors (Lipinski definition) is 12. The number of ether oxygens (including phenoxy) is 1. The van der Waals surface area contributed by atoms with Gasteiger partial charge in [-0.1, -0.05) is 129 Å². The van der Waals surface area contributed by atoms with E-state index in [-0.39, 0.29) is 19.5 Å². The van der Waals surface area contributed by atoms with Gasteiger partial charge in [-0.2, -0.15) is 0 Å². The maximum absolute atomic E-state index is 14.7. The predicted molar refractivity (Wildman–Crippen MR) is 347 cm³/mol. The summed E-state index contributed by atoms with van der Waals surface area (Å²) in [7, 11) is -8.67. The summed E-state index contributed by atoms with van der Waals surface area (Å²) in [4.78, 5) is 41.6. The molecule has 0 spiro atoms. The van der Waals surface area contributed by atoms with Gasteiger partial charge >= 0.3 is 0 Å². The van der Waals surface area contributed by atoms with Crippen molar-refractivity contribution in [1.82, 2.24) is 33.4 Å². The zero-order valence-electron chi connectivity index (χ0n) is 49.0. The standard InChI is InChI=1S/C69H65N7O7S4/c1-6-62-70-64-45(4)33-44(3)34-60(64)75(62)41-48-23-27-51(28-24-48)59-40-57(43-74-29-31-83-32-30-74)85-69(59)87(81,82)73-67(78)54-20-14-19-53(37-54)55-35-46(5)65-61(38-55)76(63(7-2)71-65)42-49-21-25-50(26-22-49)58-39-56(36-47-15-10-8-11-16-47)84-68(58)86(79,80)72-66(77)52-17-12-9-13-18-52/h8-28,33-35,37-40H,6-7,29-32,36,41-43H2,1-5H3,(H,72,77)(H,73,78). The molecule has 1 saturated heterocycles. The molecule has 1 aliphatic rings. The van der Waals surface area contributed by atoms with Crippen molar-refractivity contribution in [3.05, 3.63) is 236 Å². The Hall–Kier alpha value is -8.36. The molecular formula is C69H65N7O7S4. The molecule has 0 radical (unpaired) electrons. The topological polar surface area (TPSA) is 175 Å². The van der Waals surface area contributed by atoms with Crippen LogP contribution in [0.25, 0.3) is 55.4 Å². The molecule has 18 heteroatoms. The molecule has 7 aromatic carbocycles. The Labute approximate surface area is 515 Å². The van der Waals surface area contributed by atoms with E-state index >= 15 is 0 Å². The molecule has 5 heterocycles. The lowest BCUT2D eigenvalue weighted by molar-refractivity contribution is 0.0346. The molecule has 0 saturated carbocycles. The number of thiophene rings is 2. The van der Waals surface area contributed by atoms with E-state index in [2.05, 4.69) is 69.4 Å². The van der Waals surface area contributed by atoms with Gasteiger partial charge in [0.15, 0.2) is 0 Å². The van der Waals surface area contributed by atoms with Crippen LogP contribution in [-0.2, 0) is 63.7 Å². The van der Waals surface area contributed by atoms with Crippen molar-refractivity contribution in [2.24, 2.45) is 0 Å². The first-order chi connectivity index (χ1) is 42.0. The molecule has 12 rings (SSSR count). The minimum Gasteiger partial charge on any atom is -0.379 e. The normalized spacial score (nSPS) is 13.2. The number of aromatic nitrogens is 4. The Morgan fingerprint density at radius 3 is 1.59 bits per heavy atom. The van der Waals surface area contributed by atoms with Crippen molar-refractivity contribution >= 4 is 76.6 Å². The number of aryl methyl sites for hydroxylation is 5. The van der Waals surface area contributed by atoms with Gasteiger partial charge in [-0.15, -0.1) is 22.7 Å². The molecule has 4 aromatic heterocycles. The smallest absolute Gasteiger partial charge is 0.274 e. The average molecular weight is 1230 g/mol. The highest BCUT2D eigenvalue weighted by Crippen LogP contribution is 2.39. The lowest BCUT2D eigenvalue weighted by Gasteiger charge is -2.25. The fraction of sp³-hybridized carbons (Fsp3) is 0.217. The number of fused-ring (bicyclic) bond motifs is 2. The van der Waals surface area contributed by atoms with Gasteiger partial charge in [-0.05, 0) is 131 Å². The van der Waals surface area contributed by atoms with Crippen LogP contribution in [0.2, 0.25) is 0 Å². The highest BCUT2D eigenvalue weighted by molar-refractivity contribution is 7.92. The van der Waals surface area contributed by atoms with Gasteiger partial charge in [-0.25, -0.2) is 36.2 Å². The van der Waals surface area contributed by atoms with Gasteiger partial charge in [0.25, 0.3) is 31.9 Å². The summed E-state index contributed by atoms with van der Waals surface area (Å²) in [6.45, 7) is 14.6. The fourth-order valence-corrected chi connectivity index (χ4v) is 17.0. The zero-order chi connectivity index (χ0) is 60.6. The van der Waals surface area contributed by atoms with E-state index in [1.54, 1.807) is 48.5 Å². The number of nitrogens with zero attached hydrogens (tertiary/aromatic N) is 5. The van der Waals surface area contributed by atoms with Gasteiger partial charge < -0.3 is 13.9 Å². The minimum absolute atomic E-state index is 0.0559. The number of nitrogens with one attached hydrogen (secondary N) is 2. The molecule has 1 aliphatic heterocycles. The summed E-state index contributed by atoms with van der Waals surface area (Å²) in [6, 6.07) is 53.2. The molecule has 2 N–H and O–H groups in total. The van der Waals surface area contributed by atoms with E-state index in [9.17, 15) is 26.4 Å². The minimum atomic E-state index is -4.39. The molecule has 2 amide bonds. The SMILES string of the molecule is CCc1nc2c(C)cc(C)cc2n1Cc1ccc(-c2cc(CN3CCOCC3)sc2S(=O)(=O)NC(=O)c2cccc(-c3cc(C)c4nc(CC)n(Cc5ccc(-c6cc(Cc7ccccc7)sc6S(=O)(=O)NC(=O)c6ccccc6)cc5)c4c3)c2)cc1. The lowest BCUT2D eigenvalue weighted by atomic mass is 10.00. The highest BCUT2D eigenvalue weighted by atomic mass is 32.3. The monoisotopic (exact) mass is 1230 g/mol. The Kier molecular flexibility index (Phi) is 16.8. The van der Waals surface area contributed by atoms with Crippen molar-refractivity contribution < 1.29 is 31.2 Å². The number of imidazole rings is 2. The third-order valence-electron chi connectivity index (χ3n) is 15.9. The average Bonchev–Trinajstić information content (AvgIpc) is 1.96. The van der Waals surface area contributed by atoms with Gasteiger partial charge in [0, 0.05) is 84.0 Å². The highest BCUT2D eigenvalue weighted by Gasteiger charge is 2.29. The second kappa shape index (κ2) is 24.8. The van der Waals surface area contributed by atoms with Crippen molar-refractivity contribution in [3.63, 3.8) is 0 Å². The number of sulfonamides is 2. The van der Waals surface area contributed by atoms with Crippen molar-refractivity contribution in [2.75, 3.05) is 26.3 Å². The number of hydrogen-bond donors (Lipinski definition) is 2. The summed E-state index contributed by atoms with van der Waals surface area (Å²) < 4.78 is 72.5. The third-order valence-corrected chi connectivity index (χ3v) is 21.9. The molecule has 0 aliphatic carbocycles. The van der Waals surface area contributed by atoms with Crippen LogP contribution in [0, 0.1) is 20.8 Å². The first-order valence-corrected chi connectivity index (χ1v) is 33.6. The van der Waals surface area contributed by atoms with E-state index in [1.807, 2.05) is 110 Å². The Morgan fingerprint density at radius 1 is 0.506 bits per heavy atom. The first kappa shape index (κ1) is 59.0. The van der Waals surface area contributed by atoms with Crippen LogP contribution in [0.15, 0.2) is 178 Å². The van der Waals surface area contributed by atoms with Crippen molar-refractivity contribution in [1.29, 1.82) is 0 Å². The molecule has 0 atom stereocenters. The Morgan fingerprint density at radius 2 is 1.01 bits per heavy atom. The third kappa shape index (κ3) is 12.6. The van der Waals surface area contributed by atoms with Crippen LogP contribution in [0.4, 0.5) is 0 Å². The largest absolute Gasteiger partial charge is 0.379 e. The predicted octanol–water partition coefficient (Wildman–Crippen LogP) is 13.3. The number of rotatable bonds is 19. The second-order valence-electron chi connectivity index (χ2n) is 22.1. The maximum Gasteiger partial charge on any atom is 0.274 e. The number of carbonyl (C=O) groups is 2. The van der Waals surface area contributed by atoms with Gasteiger partial charge in [0.2, 0.25) is 0 Å². The molecular weight excluding hydrogens is 1170 g/mol. The summed E-state index contributed by atoms with van der Waals surface area (Å²) in [6.07, 6.45) is 1.95. The van der Waals surface area contributed by atoms with E-state index in [0.29, 0.717) is 62.4 Å². The van der Waals surface area contributed by atoms with E-state index in [0.717, 1.165) is 119 Å². The van der Waals surface area contributed by atoms with Crippen LogP contribution in [-0.4, -0.2) is 79.0 Å². The Bertz CT molecular complexity index is 4620. The van der Waals surface area contributed by atoms with Crippen LogP contribution >= 0.6 is 22.7 Å². The second-order valence-corrected chi connectivity index (χ2v) is 28.2. The number of amides is 2. The zero-order valence-corrected chi connectivity index (χ0v) is 52.2. The summed E-state index contributed by atoms with van der Waals surface area (Å²) in [5, 5.41) is 0. The molecule has 0 bridgehead atoms. The van der Waals surface area contributed by atoms with Crippen LogP contribution in [0.1, 0.15) is 89.3 Å².